The van der Waals surface area contributed by atoms with Crippen LogP contribution in [0, 0.1) is 5.92 Å². The van der Waals surface area contributed by atoms with Gasteiger partial charge in [-0.05, 0) is 25.5 Å². The van der Waals surface area contributed by atoms with E-state index in [-0.39, 0.29) is 11.9 Å². The molecule has 6 heteroatoms. The third-order valence-electron chi connectivity index (χ3n) is 3.59. The van der Waals surface area contributed by atoms with Crippen molar-refractivity contribution >= 4 is 11.7 Å². The van der Waals surface area contributed by atoms with E-state index in [4.69, 9.17) is 14.2 Å². The molecule has 2 rings (SSSR count). The van der Waals surface area contributed by atoms with E-state index in [1.165, 1.54) is 0 Å². The van der Waals surface area contributed by atoms with Gasteiger partial charge < -0.3 is 19.4 Å². The van der Waals surface area contributed by atoms with Gasteiger partial charge in [-0.15, -0.1) is 0 Å². The molecule has 1 atom stereocenters. The van der Waals surface area contributed by atoms with Crippen molar-refractivity contribution in [3.05, 3.63) is 23.3 Å². The minimum Gasteiger partial charge on any atom is -0.493 e. The second kappa shape index (κ2) is 6.47. The fourth-order valence-corrected chi connectivity index (χ4v) is 2.65. The molecule has 114 valence electrons. The summed E-state index contributed by atoms with van der Waals surface area (Å²) in [6, 6.07) is 3.57. The fourth-order valence-electron chi connectivity index (χ4n) is 2.65. The summed E-state index contributed by atoms with van der Waals surface area (Å²) < 4.78 is 15.7. The summed E-state index contributed by atoms with van der Waals surface area (Å²) in [4.78, 5) is 12.0. The van der Waals surface area contributed by atoms with E-state index in [9.17, 15) is 10.0 Å². The van der Waals surface area contributed by atoms with Crippen LogP contribution in [0.3, 0.4) is 0 Å². The predicted octanol–water partition coefficient (Wildman–Crippen LogP) is 2.01. The van der Waals surface area contributed by atoms with Crippen LogP contribution in [0.5, 0.6) is 11.5 Å². The molecular formula is C15H19NO5. The van der Waals surface area contributed by atoms with Gasteiger partial charge in [-0.3, -0.25) is 4.79 Å². The van der Waals surface area contributed by atoms with E-state index in [1.807, 2.05) is 6.07 Å². The molecular weight excluding hydrogens is 274 g/mol. The van der Waals surface area contributed by atoms with Crippen molar-refractivity contribution in [3.8, 4) is 11.5 Å². The zero-order valence-corrected chi connectivity index (χ0v) is 12.4. The van der Waals surface area contributed by atoms with Gasteiger partial charge in [0.25, 0.3) is 0 Å². The maximum Gasteiger partial charge on any atom is 0.309 e. The highest BCUT2D eigenvalue weighted by Gasteiger charge is 2.33. The summed E-state index contributed by atoms with van der Waals surface area (Å²) in [5, 5.41) is 12.5. The number of carbonyl (C=O) groups is 1. The van der Waals surface area contributed by atoms with Crippen LogP contribution in [-0.2, 0) is 16.0 Å². The SMILES string of the molecule is CCOC(=O)[C@H]1C/C(=N\O)c2ccc(OC)c(OC)c2C1. The number of carbonyl (C=O) groups excluding carboxylic acids is 1. The second-order valence-electron chi connectivity index (χ2n) is 4.73. The third kappa shape index (κ3) is 2.79. The highest BCUT2D eigenvalue weighted by molar-refractivity contribution is 6.05. The fraction of sp³-hybridized carbons (Fsp3) is 0.467. The molecule has 0 saturated carbocycles. The van der Waals surface area contributed by atoms with Crippen LogP contribution < -0.4 is 9.47 Å². The molecule has 0 spiro atoms. The Kier molecular flexibility index (Phi) is 4.67. The van der Waals surface area contributed by atoms with Crippen LogP contribution >= 0.6 is 0 Å². The Hall–Kier alpha value is -2.24. The van der Waals surface area contributed by atoms with E-state index >= 15 is 0 Å². The average molecular weight is 293 g/mol. The van der Waals surface area contributed by atoms with Crippen molar-refractivity contribution in [2.75, 3.05) is 20.8 Å². The quantitative estimate of drug-likeness (QED) is 0.522. The summed E-state index contributed by atoms with van der Waals surface area (Å²) in [5.74, 6) is 0.460. The highest BCUT2D eigenvalue weighted by atomic mass is 16.5. The standard InChI is InChI=1S/C15H19NO5/c1-4-21-15(17)9-7-11-10(12(8-9)16-18)5-6-13(19-2)14(11)20-3/h5-6,9,18H,4,7-8H2,1-3H3/b16-12+/t9-/m1/s1. The smallest absolute Gasteiger partial charge is 0.309 e. The average Bonchev–Trinajstić information content (AvgIpc) is 2.52. The molecule has 0 amide bonds. The lowest BCUT2D eigenvalue weighted by molar-refractivity contribution is -0.147. The van der Waals surface area contributed by atoms with Gasteiger partial charge in [0.15, 0.2) is 11.5 Å². The number of hydrogen-bond donors (Lipinski definition) is 1. The molecule has 0 aliphatic heterocycles. The highest BCUT2D eigenvalue weighted by Crippen LogP contribution is 2.39. The maximum atomic E-state index is 12.0. The lowest BCUT2D eigenvalue weighted by Gasteiger charge is -2.26. The summed E-state index contributed by atoms with van der Waals surface area (Å²) >= 11 is 0. The van der Waals surface area contributed by atoms with Gasteiger partial charge >= 0.3 is 5.97 Å². The Morgan fingerprint density at radius 3 is 2.67 bits per heavy atom. The van der Waals surface area contributed by atoms with Gasteiger partial charge in [0.1, 0.15) is 0 Å². The first-order valence-corrected chi connectivity index (χ1v) is 6.78. The molecule has 0 radical (unpaired) electrons. The number of ether oxygens (including phenoxy) is 3. The van der Waals surface area contributed by atoms with Gasteiger partial charge in [-0.1, -0.05) is 5.16 Å². The number of methoxy groups -OCH3 is 2. The largest absolute Gasteiger partial charge is 0.493 e. The summed E-state index contributed by atoms with van der Waals surface area (Å²) in [6.07, 6.45) is 0.811. The molecule has 0 heterocycles. The van der Waals surface area contributed by atoms with Crippen molar-refractivity contribution in [3.63, 3.8) is 0 Å². The number of fused-ring (bicyclic) bond motifs is 1. The molecule has 0 bridgehead atoms. The lowest BCUT2D eigenvalue weighted by atomic mass is 9.82. The van der Waals surface area contributed by atoms with E-state index in [0.717, 1.165) is 11.1 Å². The van der Waals surface area contributed by atoms with Crippen LogP contribution in [0.2, 0.25) is 0 Å². The van der Waals surface area contributed by atoms with Gasteiger partial charge in [0.2, 0.25) is 0 Å². The van der Waals surface area contributed by atoms with Crippen LogP contribution in [0.25, 0.3) is 0 Å². The van der Waals surface area contributed by atoms with Crippen LogP contribution in [0.1, 0.15) is 24.5 Å². The van der Waals surface area contributed by atoms with Crippen LogP contribution in [-0.4, -0.2) is 37.7 Å². The van der Waals surface area contributed by atoms with Gasteiger partial charge in [-0.2, -0.15) is 0 Å². The Morgan fingerprint density at radius 1 is 1.33 bits per heavy atom. The van der Waals surface area contributed by atoms with Crippen LogP contribution in [0.4, 0.5) is 0 Å². The first-order valence-electron chi connectivity index (χ1n) is 6.78. The Morgan fingerprint density at radius 2 is 2.10 bits per heavy atom. The monoisotopic (exact) mass is 293 g/mol. The Balaban J connectivity index is 2.47. The summed E-state index contributed by atoms with van der Waals surface area (Å²) in [5.41, 5.74) is 2.03. The number of nitrogens with zero attached hydrogens (tertiary/aromatic N) is 1. The summed E-state index contributed by atoms with van der Waals surface area (Å²) in [7, 11) is 3.10. The molecule has 0 aromatic heterocycles. The minimum absolute atomic E-state index is 0.297. The third-order valence-corrected chi connectivity index (χ3v) is 3.59. The molecule has 0 saturated heterocycles. The molecule has 1 aliphatic carbocycles. The topological polar surface area (TPSA) is 77.4 Å². The molecule has 6 nitrogen and oxygen atoms in total. The van der Waals surface area contributed by atoms with Gasteiger partial charge in [0.05, 0.1) is 32.5 Å². The number of rotatable bonds is 4. The number of oxime groups is 1. The second-order valence-corrected chi connectivity index (χ2v) is 4.73. The predicted molar refractivity (Wildman–Crippen MR) is 76.3 cm³/mol. The zero-order valence-electron chi connectivity index (χ0n) is 12.4. The van der Waals surface area contributed by atoms with E-state index in [2.05, 4.69) is 5.16 Å². The van der Waals surface area contributed by atoms with Crippen molar-refractivity contribution in [1.29, 1.82) is 0 Å². The van der Waals surface area contributed by atoms with E-state index in [1.54, 1.807) is 27.2 Å². The number of hydrogen-bond acceptors (Lipinski definition) is 6. The minimum atomic E-state index is -0.385. The zero-order chi connectivity index (χ0) is 15.4. The Labute approximate surface area is 123 Å². The molecule has 1 aromatic carbocycles. The molecule has 21 heavy (non-hydrogen) atoms. The normalized spacial score (nSPS) is 19.0. The summed E-state index contributed by atoms with van der Waals surface area (Å²) in [6.45, 7) is 2.09. The van der Waals surface area contributed by atoms with Crippen molar-refractivity contribution in [2.45, 2.75) is 19.8 Å². The molecule has 0 fully saturated rings. The van der Waals surface area contributed by atoms with Crippen molar-refractivity contribution in [2.24, 2.45) is 11.1 Å². The first-order chi connectivity index (χ1) is 10.2. The van der Waals surface area contributed by atoms with Crippen molar-refractivity contribution < 1.29 is 24.2 Å². The number of benzene rings is 1. The molecule has 1 aromatic rings. The Bertz CT molecular complexity index is 567. The van der Waals surface area contributed by atoms with Crippen molar-refractivity contribution in [1.82, 2.24) is 0 Å². The van der Waals surface area contributed by atoms with E-state index < -0.39 is 0 Å². The van der Waals surface area contributed by atoms with Gasteiger partial charge in [0, 0.05) is 17.5 Å². The maximum absolute atomic E-state index is 12.0. The molecule has 1 aliphatic rings. The first kappa shape index (κ1) is 15.2. The van der Waals surface area contributed by atoms with Gasteiger partial charge in [-0.25, -0.2) is 0 Å². The lowest BCUT2D eigenvalue weighted by Crippen LogP contribution is -2.29. The van der Waals surface area contributed by atoms with E-state index in [0.29, 0.717) is 36.7 Å². The molecule has 1 N–H and O–H groups in total. The number of esters is 1. The molecule has 0 unspecified atom stereocenters. The van der Waals surface area contributed by atoms with Crippen LogP contribution in [0.15, 0.2) is 17.3 Å².